The quantitative estimate of drug-likeness (QED) is 0.894. The third kappa shape index (κ3) is 2.47. The Morgan fingerprint density at radius 2 is 1.83 bits per heavy atom. The Bertz CT molecular complexity index is 497. The number of likely N-dealkylation sites (N-methyl/N-ethyl adjacent to an activating group) is 1. The van der Waals surface area contributed by atoms with E-state index in [9.17, 15) is 0 Å². The van der Waals surface area contributed by atoms with Crippen LogP contribution < -0.4 is 5.73 Å². The van der Waals surface area contributed by atoms with E-state index in [1.54, 1.807) is 0 Å². The van der Waals surface area contributed by atoms with Gasteiger partial charge in [0.2, 0.25) is 0 Å². The summed E-state index contributed by atoms with van der Waals surface area (Å²) in [5.74, 6) is 0. The zero-order chi connectivity index (χ0) is 13.1. The number of nitrogens with two attached hydrogens (primary N) is 1. The molecule has 96 valence electrons. The van der Waals surface area contributed by atoms with Crippen molar-refractivity contribution in [1.82, 2.24) is 9.47 Å². The summed E-state index contributed by atoms with van der Waals surface area (Å²) < 4.78 is 2.21. The summed E-state index contributed by atoms with van der Waals surface area (Å²) in [5.41, 5.74) is 9.56. The molecule has 0 aliphatic rings. The van der Waals surface area contributed by atoms with Crippen LogP contribution in [-0.2, 0) is 0 Å². The van der Waals surface area contributed by atoms with Gasteiger partial charge >= 0.3 is 0 Å². The van der Waals surface area contributed by atoms with E-state index in [0.29, 0.717) is 6.54 Å². The molecule has 1 atom stereocenters. The molecule has 0 saturated carbocycles. The normalized spacial score (nSPS) is 12.9. The molecule has 3 nitrogen and oxygen atoms in total. The van der Waals surface area contributed by atoms with E-state index in [-0.39, 0.29) is 6.04 Å². The van der Waals surface area contributed by atoms with E-state index >= 15 is 0 Å². The Labute approximate surface area is 109 Å². The van der Waals surface area contributed by atoms with Gasteiger partial charge in [-0.3, -0.25) is 4.90 Å². The molecule has 1 aromatic carbocycles. The molecular weight excluding hydrogens is 222 g/mol. The maximum absolute atomic E-state index is 5.88. The Morgan fingerprint density at radius 3 is 2.39 bits per heavy atom. The van der Waals surface area contributed by atoms with Crippen LogP contribution in [-0.4, -0.2) is 30.1 Å². The molecule has 0 unspecified atom stereocenters. The minimum Gasteiger partial charge on any atom is -0.329 e. The molecule has 1 heterocycles. The Morgan fingerprint density at radius 1 is 1.17 bits per heavy atom. The van der Waals surface area contributed by atoms with Gasteiger partial charge in [0.1, 0.15) is 0 Å². The van der Waals surface area contributed by atoms with Gasteiger partial charge in [-0.05, 0) is 45.3 Å². The lowest BCUT2D eigenvalue weighted by Crippen LogP contribution is -2.28. The molecule has 2 rings (SSSR count). The molecule has 0 aliphatic carbocycles. The highest BCUT2D eigenvalue weighted by Crippen LogP contribution is 2.21. The lowest BCUT2D eigenvalue weighted by atomic mass is 10.1. The van der Waals surface area contributed by atoms with Crippen molar-refractivity contribution >= 4 is 0 Å². The molecule has 2 N–H and O–H groups in total. The molecule has 1 aromatic heterocycles. The molecule has 18 heavy (non-hydrogen) atoms. The van der Waals surface area contributed by atoms with Gasteiger partial charge in [-0.1, -0.05) is 17.7 Å². The second kappa shape index (κ2) is 5.38. The fourth-order valence-electron chi connectivity index (χ4n) is 2.20. The molecule has 0 spiro atoms. The Kier molecular flexibility index (Phi) is 3.84. The average molecular weight is 243 g/mol. The summed E-state index contributed by atoms with van der Waals surface area (Å²) in [7, 11) is 4.12. The van der Waals surface area contributed by atoms with E-state index in [1.165, 1.54) is 16.9 Å². The summed E-state index contributed by atoms with van der Waals surface area (Å²) in [6, 6.07) is 13.0. The van der Waals surface area contributed by atoms with Crippen LogP contribution in [0.5, 0.6) is 0 Å². The van der Waals surface area contributed by atoms with Crippen LogP contribution in [0.1, 0.15) is 17.3 Å². The number of rotatable bonds is 4. The highest BCUT2D eigenvalue weighted by molar-refractivity contribution is 5.37. The van der Waals surface area contributed by atoms with Crippen LogP contribution in [0.15, 0.2) is 42.6 Å². The van der Waals surface area contributed by atoms with E-state index in [4.69, 9.17) is 5.73 Å². The molecule has 0 radical (unpaired) electrons. The lowest BCUT2D eigenvalue weighted by molar-refractivity contribution is 0.297. The second-order valence-electron chi connectivity index (χ2n) is 4.85. The topological polar surface area (TPSA) is 34.2 Å². The maximum Gasteiger partial charge on any atom is 0.0623 e. The van der Waals surface area contributed by atoms with E-state index < -0.39 is 0 Å². The van der Waals surface area contributed by atoms with Gasteiger partial charge in [0.15, 0.2) is 0 Å². The van der Waals surface area contributed by atoms with Crippen LogP contribution in [0.3, 0.4) is 0 Å². The van der Waals surface area contributed by atoms with Crippen LogP contribution in [0.4, 0.5) is 0 Å². The summed E-state index contributed by atoms with van der Waals surface area (Å²) >= 11 is 0. The average Bonchev–Trinajstić information content (AvgIpc) is 2.79. The van der Waals surface area contributed by atoms with Crippen molar-refractivity contribution in [2.24, 2.45) is 5.73 Å². The Hall–Kier alpha value is -1.58. The van der Waals surface area contributed by atoms with Gasteiger partial charge < -0.3 is 10.3 Å². The first-order valence-corrected chi connectivity index (χ1v) is 6.24. The van der Waals surface area contributed by atoms with Crippen molar-refractivity contribution < 1.29 is 0 Å². The zero-order valence-corrected chi connectivity index (χ0v) is 11.3. The summed E-state index contributed by atoms with van der Waals surface area (Å²) in [4.78, 5) is 2.15. The van der Waals surface area contributed by atoms with Crippen molar-refractivity contribution in [2.45, 2.75) is 13.0 Å². The van der Waals surface area contributed by atoms with Gasteiger partial charge in [0.25, 0.3) is 0 Å². The fourth-order valence-corrected chi connectivity index (χ4v) is 2.20. The van der Waals surface area contributed by atoms with Crippen LogP contribution in [0, 0.1) is 6.92 Å². The van der Waals surface area contributed by atoms with Gasteiger partial charge in [-0.15, -0.1) is 0 Å². The van der Waals surface area contributed by atoms with Crippen molar-refractivity contribution in [2.75, 3.05) is 20.6 Å². The molecule has 3 heteroatoms. The van der Waals surface area contributed by atoms with E-state index in [2.05, 4.69) is 73.1 Å². The minimum atomic E-state index is 0.237. The zero-order valence-electron chi connectivity index (χ0n) is 11.3. The van der Waals surface area contributed by atoms with Crippen molar-refractivity contribution in [1.29, 1.82) is 0 Å². The third-order valence-electron chi connectivity index (χ3n) is 3.28. The minimum absolute atomic E-state index is 0.237. The number of aromatic nitrogens is 1. The Balaban J connectivity index is 2.41. The van der Waals surface area contributed by atoms with E-state index in [1.807, 2.05) is 0 Å². The molecule has 0 amide bonds. The number of hydrogen-bond donors (Lipinski definition) is 1. The predicted molar refractivity (Wildman–Crippen MR) is 76.0 cm³/mol. The summed E-state index contributed by atoms with van der Waals surface area (Å²) in [6.07, 6.45) is 2.09. The number of nitrogens with zero attached hydrogens (tertiary/aromatic N) is 2. The fraction of sp³-hybridized carbons (Fsp3) is 0.333. The SMILES string of the molecule is Cc1ccc(-n2cccc2[C@H](CN)N(C)C)cc1. The molecule has 0 saturated heterocycles. The van der Waals surface area contributed by atoms with Crippen molar-refractivity contribution in [3.05, 3.63) is 53.9 Å². The number of benzene rings is 1. The highest BCUT2D eigenvalue weighted by atomic mass is 15.1. The standard InChI is InChI=1S/C15H21N3/c1-12-6-8-13(9-7-12)18-10-4-5-14(18)15(11-16)17(2)3/h4-10,15H,11,16H2,1-3H3/t15-/m0/s1. The summed E-state index contributed by atoms with van der Waals surface area (Å²) in [6.45, 7) is 2.71. The number of aryl methyl sites for hydroxylation is 1. The molecule has 0 fully saturated rings. The first kappa shape index (κ1) is 12.9. The van der Waals surface area contributed by atoms with Gasteiger partial charge in [-0.2, -0.15) is 0 Å². The second-order valence-corrected chi connectivity index (χ2v) is 4.85. The maximum atomic E-state index is 5.88. The van der Waals surface area contributed by atoms with Gasteiger partial charge in [0.05, 0.1) is 6.04 Å². The van der Waals surface area contributed by atoms with Gasteiger partial charge in [-0.25, -0.2) is 0 Å². The lowest BCUT2D eigenvalue weighted by Gasteiger charge is -2.24. The van der Waals surface area contributed by atoms with Crippen LogP contribution in [0.25, 0.3) is 5.69 Å². The highest BCUT2D eigenvalue weighted by Gasteiger charge is 2.16. The third-order valence-corrected chi connectivity index (χ3v) is 3.28. The smallest absolute Gasteiger partial charge is 0.0623 e. The number of hydrogen-bond acceptors (Lipinski definition) is 2. The summed E-state index contributed by atoms with van der Waals surface area (Å²) in [5, 5.41) is 0. The largest absolute Gasteiger partial charge is 0.329 e. The van der Waals surface area contributed by atoms with Crippen molar-refractivity contribution in [3.8, 4) is 5.69 Å². The molecular formula is C15H21N3. The monoisotopic (exact) mass is 243 g/mol. The van der Waals surface area contributed by atoms with E-state index in [0.717, 1.165) is 0 Å². The molecule has 0 bridgehead atoms. The first-order valence-electron chi connectivity index (χ1n) is 6.24. The van der Waals surface area contributed by atoms with Crippen LogP contribution >= 0.6 is 0 Å². The first-order chi connectivity index (χ1) is 8.63. The predicted octanol–water partition coefficient (Wildman–Crippen LogP) is 2.35. The molecule has 0 aliphatic heterocycles. The van der Waals surface area contributed by atoms with Crippen molar-refractivity contribution in [3.63, 3.8) is 0 Å². The molecule has 2 aromatic rings. The van der Waals surface area contributed by atoms with Gasteiger partial charge in [0, 0.05) is 24.1 Å². The van der Waals surface area contributed by atoms with Crippen LogP contribution in [0.2, 0.25) is 0 Å².